The van der Waals surface area contributed by atoms with Crippen molar-refractivity contribution >= 4 is 28.3 Å². The smallest absolute Gasteiger partial charge is 0.391 e. The number of carbonyl (C=O) groups excluding carboxylic acids is 1. The van der Waals surface area contributed by atoms with E-state index >= 15 is 0 Å². The molecular weight excluding hydrogens is 455 g/mol. The summed E-state index contributed by atoms with van der Waals surface area (Å²) in [5, 5.41) is 2.44. The Hall–Kier alpha value is -2.60. The Morgan fingerprint density at radius 1 is 1.25 bits per heavy atom. The highest BCUT2D eigenvalue weighted by atomic mass is 32.1. The quantitative estimate of drug-likeness (QED) is 0.598. The van der Waals surface area contributed by atoms with E-state index in [1.807, 2.05) is 0 Å². The summed E-state index contributed by atoms with van der Waals surface area (Å²) in [7, 11) is 0. The lowest BCUT2D eigenvalue weighted by Gasteiger charge is -2.27. The molecule has 0 spiro atoms. The van der Waals surface area contributed by atoms with Crippen molar-refractivity contribution in [2.45, 2.75) is 50.9 Å². The molecule has 1 fully saturated rings. The number of carbonyl (C=O) groups is 1. The first kappa shape index (κ1) is 22.6. The number of rotatable bonds is 4. The number of hydrogen-bond donors (Lipinski definition) is 2. The van der Waals surface area contributed by atoms with Gasteiger partial charge in [-0.3, -0.25) is 4.79 Å². The molecule has 1 aromatic heterocycles. The van der Waals surface area contributed by atoms with E-state index < -0.39 is 42.1 Å². The number of aromatic nitrogens is 1. The second kappa shape index (κ2) is 8.74. The number of thiazole rings is 1. The predicted molar refractivity (Wildman–Crippen MR) is 108 cm³/mol. The Balaban J connectivity index is 1.68. The number of alkyl halides is 5. The molecule has 172 valence electrons. The van der Waals surface area contributed by atoms with Gasteiger partial charge in [-0.1, -0.05) is 23.5 Å². The number of anilines is 1. The molecule has 0 bridgehead atoms. The average Bonchev–Trinajstić information content (AvgIpc) is 3.33. The van der Waals surface area contributed by atoms with E-state index in [1.165, 1.54) is 12.1 Å². The fraction of sp³-hybridized carbons (Fsp3) is 0.450. The number of halogens is 5. The second-order valence-electron chi connectivity index (χ2n) is 7.56. The minimum absolute atomic E-state index is 0.00365. The van der Waals surface area contributed by atoms with Crippen LogP contribution in [0.2, 0.25) is 0 Å². The molecule has 3 unspecified atom stereocenters. The van der Waals surface area contributed by atoms with Gasteiger partial charge in [0.25, 0.3) is 0 Å². The molecule has 1 aromatic carbocycles. The highest BCUT2D eigenvalue weighted by molar-refractivity contribution is 7.19. The molecule has 12 heteroatoms. The van der Waals surface area contributed by atoms with Crippen LogP contribution in [0.3, 0.4) is 0 Å². The molecule has 4 rings (SSSR count). The van der Waals surface area contributed by atoms with Crippen molar-refractivity contribution in [2.24, 2.45) is 10.9 Å². The molecule has 6 nitrogen and oxygen atoms in total. The van der Waals surface area contributed by atoms with Crippen LogP contribution in [-0.2, 0) is 15.8 Å². The monoisotopic (exact) mass is 474 g/mol. The van der Waals surface area contributed by atoms with E-state index in [0.717, 1.165) is 23.5 Å². The highest BCUT2D eigenvalue weighted by Crippen LogP contribution is 2.40. The summed E-state index contributed by atoms with van der Waals surface area (Å²) in [6.45, 7) is 1.58. The molecule has 1 amide bonds. The summed E-state index contributed by atoms with van der Waals surface area (Å²) in [5.74, 6) is -2.01. The molecule has 2 N–H and O–H groups in total. The molecule has 1 aliphatic carbocycles. The van der Waals surface area contributed by atoms with Crippen LogP contribution in [0.1, 0.15) is 43.6 Å². The van der Waals surface area contributed by atoms with Crippen molar-refractivity contribution in [2.75, 3.05) is 5.32 Å². The van der Waals surface area contributed by atoms with Crippen LogP contribution < -0.4 is 10.8 Å². The molecular formula is C20H19F5N4O2S. The third kappa shape index (κ3) is 4.60. The normalized spacial score (nSPS) is 25.9. The van der Waals surface area contributed by atoms with Crippen LogP contribution in [0.25, 0.3) is 10.4 Å². The molecule has 32 heavy (non-hydrogen) atoms. The minimum Gasteiger partial charge on any atom is -0.391 e. The van der Waals surface area contributed by atoms with E-state index in [0.29, 0.717) is 17.2 Å². The van der Waals surface area contributed by atoms with Gasteiger partial charge in [0, 0.05) is 6.92 Å². The Morgan fingerprint density at radius 3 is 2.59 bits per heavy atom. The van der Waals surface area contributed by atoms with Crippen LogP contribution in [-0.4, -0.2) is 29.1 Å². The zero-order chi connectivity index (χ0) is 23.0. The molecule has 0 saturated heterocycles. The van der Waals surface area contributed by atoms with Crippen molar-refractivity contribution in [3.05, 3.63) is 35.5 Å². The summed E-state index contributed by atoms with van der Waals surface area (Å²) in [4.78, 5) is 26.5. The standard InChI is InChI=1S/C20H19F5N4O2S/c1-9-26-17(29-31-9)15-16(10-4-2-5-11(8-10)20(23,24)25)32-19(27-15)28-18(30)14-12(21)6-3-7-13(14)22/h2,4-5,8,12-14,17,29H,3,6-7H2,1H3,(H,27,28,30)/t12-,13?,14?,17?/m0/s1. The first-order chi connectivity index (χ1) is 15.1. The van der Waals surface area contributed by atoms with Gasteiger partial charge in [-0.05, 0) is 37.0 Å². The summed E-state index contributed by atoms with van der Waals surface area (Å²) in [6, 6.07) is 4.64. The summed E-state index contributed by atoms with van der Waals surface area (Å²) in [5.41, 5.74) is 2.19. The van der Waals surface area contributed by atoms with Crippen LogP contribution >= 0.6 is 11.3 Å². The first-order valence-corrected chi connectivity index (χ1v) is 10.7. The fourth-order valence-corrected chi connectivity index (χ4v) is 4.71. The third-order valence-electron chi connectivity index (χ3n) is 5.27. The first-order valence-electron chi connectivity index (χ1n) is 9.87. The molecule has 4 atom stereocenters. The third-order valence-corrected chi connectivity index (χ3v) is 6.30. The molecule has 1 saturated carbocycles. The predicted octanol–water partition coefficient (Wildman–Crippen LogP) is 5.20. The van der Waals surface area contributed by atoms with Gasteiger partial charge in [-0.25, -0.2) is 18.8 Å². The van der Waals surface area contributed by atoms with E-state index in [9.17, 15) is 26.7 Å². The maximum Gasteiger partial charge on any atom is 0.416 e. The molecule has 2 aromatic rings. The van der Waals surface area contributed by atoms with Crippen LogP contribution in [0.15, 0.2) is 29.3 Å². The maximum atomic E-state index is 14.2. The SMILES string of the molecule is CC1=NC(c2nc(NC(=O)C3C(F)CCC[C@@H]3F)sc2-c2cccc(C(F)(F)F)c2)NO1. The lowest BCUT2D eigenvalue weighted by Crippen LogP contribution is -2.40. The largest absolute Gasteiger partial charge is 0.416 e. The number of amides is 1. The Labute approximate surface area is 183 Å². The van der Waals surface area contributed by atoms with E-state index in [2.05, 4.69) is 20.8 Å². The molecule has 2 aliphatic rings. The van der Waals surface area contributed by atoms with Crippen LogP contribution in [0.4, 0.5) is 27.1 Å². The Kier molecular flexibility index (Phi) is 6.17. The van der Waals surface area contributed by atoms with Gasteiger partial charge in [0.1, 0.15) is 24.0 Å². The van der Waals surface area contributed by atoms with Gasteiger partial charge in [0.05, 0.1) is 10.4 Å². The minimum atomic E-state index is -4.55. The second-order valence-corrected chi connectivity index (χ2v) is 8.56. The van der Waals surface area contributed by atoms with Crippen molar-refractivity contribution < 1.29 is 31.6 Å². The van der Waals surface area contributed by atoms with E-state index in [4.69, 9.17) is 4.84 Å². The summed E-state index contributed by atoms with van der Waals surface area (Å²) < 4.78 is 67.9. The van der Waals surface area contributed by atoms with E-state index in [-0.39, 0.29) is 29.2 Å². The maximum absolute atomic E-state index is 14.2. The zero-order valence-corrected chi connectivity index (χ0v) is 17.6. The Morgan fingerprint density at radius 2 is 1.97 bits per heavy atom. The van der Waals surface area contributed by atoms with Gasteiger partial charge in [-0.15, -0.1) is 5.48 Å². The average molecular weight is 474 g/mol. The number of hydroxylamine groups is 1. The summed E-state index contributed by atoms with van der Waals surface area (Å²) >= 11 is 0.895. The van der Waals surface area contributed by atoms with Crippen molar-refractivity contribution in [1.29, 1.82) is 0 Å². The number of nitrogens with zero attached hydrogens (tertiary/aromatic N) is 2. The van der Waals surface area contributed by atoms with Crippen molar-refractivity contribution in [3.63, 3.8) is 0 Å². The van der Waals surface area contributed by atoms with Gasteiger partial charge in [0.2, 0.25) is 11.8 Å². The zero-order valence-electron chi connectivity index (χ0n) is 16.7. The Bertz CT molecular complexity index is 1030. The van der Waals surface area contributed by atoms with Gasteiger partial charge >= 0.3 is 6.18 Å². The number of hydrogen-bond acceptors (Lipinski definition) is 6. The molecule has 1 aliphatic heterocycles. The fourth-order valence-electron chi connectivity index (χ4n) is 3.72. The molecule has 0 radical (unpaired) electrons. The van der Waals surface area contributed by atoms with Crippen LogP contribution in [0.5, 0.6) is 0 Å². The number of aliphatic imine (C=N–C) groups is 1. The highest BCUT2D eigenvalue weighted by Gasteiger charge is 2.40. The summed E-state index contributed by atoms with van der Waals surface area (Å²) in [6.07, 6.45) is -8.05. The van der Waals surface area contributed by atoms with Crippen molar-refractivity contribution in [1.82, 2.24) is 10.5 Å². The van der Waals surface area contributed by atoms with Gasteiger partial charge in [0.15, 0.2) is 11.3 Å². The molecule has 2 heterocycles. The van der Waals surface area contributed by atoms with Gasteiger partial charge in [-0.2, -0.15) is 13.2 Å². The van der Waals surface area contributed by atoms with Crippen LogP contribution in [0, 0.1) is 5.92 Å². The lowest BCUT2D eigenvalue weighted by atomic mass is 9.85. The topological polar surface area (TPSA) is 75.6 Å². The van der Waals surface area contributed by atoms with E-state index in [1.54, 1.807) is 6.92 Å². The van der Waals surface area contributed by atoms with Gasteiger partial charge < -0.3 is 10.2 Å². The lowest BCUT2D eigenvalue weighted by molar-refractivity contribution is -0.137. The number of benzene rings is 1. The van der Waals surface area contributed by atoms with Crippen molar-refractivity contribution in [3.8, 4) is 10.4 Å². The number of nitrogens with one attached hydrogen (secondary N) is 2.